The van der Waals surface area contributed by atoms with Crippen LogP contribution in [0.15, 0.2) is 42.5 Å². The van der Waals surface area contributed by atoms with Gasteiger partial charge in [0.25, 0.3) is 5.91 Å². The van der Waals surface area contributed by atoms with Gasteiger partial charge in [0.05, 0.1) is 0 Å². The Bertz CT molecular complexity index is 759. The Kier molecular flexibility index (Phi) is 6.42. The van der Waals surface area contributed by atoms with E-state index in [0.717, 1.165) is 11.1 Å². The maximum atomic E-state index is 12.0. The highest BCUT2D eigenvalue weighted by atomic mass is 35.5. The number of rotatable bonds is 6. The van der Waals surface area contributed by atoms with Gasteiger partial charge in [-0.25, -0.2) is 4.79 Å². The van der Waals surface area contributed by atoms with E-state index in [1.807, 2.05) is 26.0 Å². The molecule has 5 nitrogen and oxygen atoms in total. The number of anilines is 1. The summed E-state index contributed by atoms with van der Waals surface area (Å²) in [5.74, 6) is -0.461. The number of hydrogen-bond acceptors (Lipinski definition) is 4. The van der Waals surface area contributed by atoms with Gasteiger partial charge in [-0.2, -0.15) is 0 Å². The van der Waals surface area contributed by atoms with Crippen molar-refractivity contribution in [2.75, 3.05) is 11.9 Å². The zero-order valence-corrected chi connectivity index (χ0v) is 15.1. The lowest BCUT2D eigenvalue weighted by molar-refractivity contribution is -0.155. The molecule has 0 saturated carbocycles. The molecule has 0 aliphatic rings. The van der Waals surface area contributed by atoms with E-state index in [9.17, 15) is 9.59 Å². The number of halogens is 1. The van der Waals surface area contributed by atoms with Gasteiger partial charge in [0.1, 0.15) is 5.75 Å². The molecule has 0 fully saturated rings. The molecule has 25 heavy (non-hydrogen) atoms. The summed E-state index contributed by atoms with van der Waals surface area (Å²) in [7, 11) is 0. The van der Waals surface area contributed by atoms with E-state index < -0.39 is 18.0 Å². The van der Waals surface area contributed by atoms with E-state index in [-0.39, 0.29) is 6.61 Å². The molecule has 1 unspecified atom stereocenters. The predicted octanol–water partition coefficient (Wildman–Crippen LogP) is 3.91. The van der Waals surface area contributed by atoms with Gasteiger partial charge in [0.15, 0.2) is 12.7 Å². The summed E-state index contributed by atoms with van der Waals surface area (Å²) in [5.41, 5.74) is 2.78. The molecule has 0 spiro atoms. The monoisotopic (exact) mass is 361 g/mol. The first-order valence-electron chi connectivity index (χ1n) is 7.81. The molecule has 1 amide bonds. The van der Waals surface area contributed by atoms with Crippen LogP contribution in [0.3, 0.4) is 0 Å². The van der Waals surface area contributed by atoms with Crippen molar-refractivity contribution in [2.45, 2.75) is 26.9 Å². The highest BCUT2D eigenvalue weighted by Crippen LogP contribution is 2.16. The number of hydrogen-bond donors (Lipinski definition) is 1. The van der Waals surface area contributed by atoms with E-state index in [4.69, 9.17) is 21.1 Å². The van der Waals surface area contributed by atoms with Gasteiger partial charge in [-0.1, -0.05) is 17.7 Å². The molecule has 0 radical (unpaired) electrons. The number of carbonyl (C=O) groups excluding carboxylic acids is 2. The highest BCUT2D eigenvalue weighted by molar-refractivity contribution is 6.30. The van der Waals surface area contributed by atoms with Gasteiger partial charge in [0, 0.05) is 10.7 Å². The Morgan fingerprint density at radius 2 is 1.76 bits per heavy atom. The van der Waals surface area contributed by atoms with E-state index in [1.54, 1.807) is 30.3 Å². The van der Waals surface area contributed by atoms with Crippen molar-refractivity contribution in [1.82, 2.24) is 0 Å². The molecule has 0 aliphatic carbocycles. The minimum Gasteiger partial charge on any atom is -0.482 e. The van der Waals surface area contributed by atoms with E-state index in [2.05, 4.69) is 5.32 Å². The zero-order valence-electron chi connectivity index (χ0n) is 14.3. The third-order valence-electron chi connectivity index (χ3n) is 3.62. The minimum atomic E-state index is -0.938. The second-order valence-corrected chi connectivity index (χ2v) is 6.10. The van der Waals surface area contributed by atoms with Crippen LogP contribution in [0.1, 0.15) is 18.1 Å². The molecule has 1 N–H and O–H groups in total. The third kappa shape index (κ3) is 5.80. The van der Waals surface area contributed by atoms with Crippen LogP contribution in [0.5, 0.6) is 5.75 Å². The fourth-order valence-electron chi connectivity index (χ4n) is 2.01. The summed E-state index contributed by atoms with van der Waals surface area (Å²) in [6, 6.07) is 12.2. The van der Waals surface area contributed by atoms with Crippen LogP contribution in [0.25, 0.3) is 0 Å². The van der Waals surface area contributed by atoms with Crippen LogP contribution in [0.2, 0.25) is 5.02 Å². The summed E-state index contributed by atoms with van der Waals surface area (Å²) < 4.78 is 10.5. The first kappa shape index (κ1) is 18.8. The fraction of sp³-hybridized carbons (Fsp3) is 0.263. The van der Waals surface area contributed by atoms with Gasteiger partial charge in [-0.15, -0.1) is 0 Å². The van der Waals surface area contributed by atoms with Crippen LogP contribution < -0.4 is 10.1 Å². The lowest BCUT2D eigenvalue weighted by Crippen LogP contribution is -2.31. The molecular formula is C19H20ClNO4. The fourth-order valence-corrected chi connectivity index (χ4v) is 2.13. The van der Waals surface area contributed by atoms with Gasteiger partial charge in [-0.05, 0) is 68.3 Å². The maximum Gasteiger partial charge on any atom is 0.344 e. The predicted molar refractivity (Wildman–Crippen MR) is 97.0 cm³/mol. The van der Waals surface area contributed by atoms with Crippen LogP contribution in [0.4, 0.5) is 5.69 Å². The molecule has 0 bridgehead atoms. The van der Waals surface area contributed by atoms with Crippen LogP contribution in [-0.4, -0.2) is 24.6 Å². The summed E-state index contributed by atoms with van der Waals surface area (Å²) in [4.78, 5) is 23.9. The molecule has 0 heterocycles. The highest BCUT2D eigenvalue weighted by Gasteiger charge is 2.18. The summed E-state index contributed by atoms with van der Waals surface area (Å²) in [6.45, 7) is 5.19. The molecular weight excluding hydrogens is 342 g/mol. The Morgan fingerprint density at radius 3 is 2.40 bits per heavy atom. The van der Waals surface area contributed by atoms with Crippen LogP contribution in [0, 0.1) is 13.8 Å². The molecule has 6 heteroatoms. The van der Waals surface area contributed by atoms with Gasteiger partial charge in [0.2, 0.25) is 0 Å². The summed E-state index contributed by atoms with van der Waals surface area (Å²) in [5, 5.41) is 3.22. The second-order valence-electron chi connectivity index (χ2n) is 5.66. The topological polar surface area (TPSA) is 64.6 Å². The molecule has 0 aromatic heterocycles. The Labute approximate surface area is 151 Å². The maximum absolute atomic E-state index is 12.0. The van der Waals surface area contributed by atoms with Crippen molar-refractivity contribution in [3.8, 4) is 5.75 Å². The first-order valence-corrected chi connectivity index (χ1v) is 8.19. The van der Waals surface area contributed by atoms with E-state index in [1.165, 1.54) is 6.92 Å². The van der Waals surface area contributed by atoms with Gasteiger partial charge >= 0.3 is 5.97 Å². The molecule has 132 valence electrons. The molecule has 2 aromatic rings. The van der Waals surface area contributed by atoms with Crippen molar-refractivity contribution >= 4 is 29.2 Å². The molecule has 1 atom stereocenters. The third-order valence-corrected chi connectivity index (χ3v) is 3.88. The van der Waals surface area contributed by atoms with Crippen molar-refractivity contribution < 1.29 is 19.1 Å². The van der Waals surface area contributed by atoms with E-state index >= 15 is 0 Å². The quantitative estimate of drug-likeness (QED) is 0.792. The number of nitrogens with one attached hydrogen (secondary N) is 1. The van der Waals surface area contributed by atoms with Crippen LogP contribution >= 0.6 is 11.6 Å². The lowest BCUT2D eigenvalue weighted by atomic mass is 10.1. The molecule has 2 aromatic carbocycles. The van der Waals surface area contributed by atoms with Crippen molar-refractivity contribution in [3.05, 3.63) is 58.6 Å². The Hall–Kier alpha value is -2.53. The lowest BCUT2D eigenvalue weighted by Gasteiger charge is -2.14. The number of esters is 1. The number of aryl methyl sites for hydroxylation is 2. The van der Waals surface area contributed by atoms with Gasteiger partial charge in [-0.3, -0.25) is 4.79 Å². The number of ether oxygens (including phenoxy) is 2. The normalized spacial score (nSPS) is 11.5. The molecule has 0 aliphatic heterocycles. The zero-order chi connectivity index (χ0) is 18.4. The Balaban J connectivity index is 1.81. The smallest absolute Gasteiger partial charge is 0.344 e. The second kappa shape index (κ2) is 8.53. The SMILES string of the molecule is Cc1ccc(OCC(=O)OC(C)C(=O)Nc2ccc(Cl)cc2)cc1C. The van der Waals surface area contributed by atoms with Gasteiger partial charge < -0.3 is 14.8 Å². The molecule has 2 rings (SSSR count). The van der Waals surface area contributed by atoms with Crippen LogP contribution in [-0.2, 0) is 14.3 Å². The van der Waals surface area contributed by atoms with Crippen molar-refractivity contribution in [2.24, 2.45) is 0 Å². The number of carbonyl (C=O) groups is 2. The average molecular weight is 362 g/mol. The number of amides is 1. The minimum absolute atomic E-state index is 0.263. The standard InChI is InChI=1S/C19H20ClNO4/c1-12-4-9-17(10-13(12)2)24-11-18(22)25-14(3)19(23)21-16-7-5-15(20)6-8-16/h4-10,14H,11H2,1-3H3,(H,21,23). The first-order chi connectivity index (χ1) is 11.8. The van der Waals surface area contributed by atoms with Crippen molar-refractivity contribution in [1.29, 1.82) is 0 Å². The number of benzene rings is 2. The largest absolute Gasteiger partial charge is 0.482 e. The summed E-state index contributed by atoms with van der Waals surface area (Å²) in [6.07, 6.45) is -0.938. The average Bonchev–Trinajstić information content (AvgIpc) is 2.58. The Morgan fingerprint density at radius 1 is 1.08 bits per heavy atom. The molecule has 0 saturated heterocycles. The summed E-state index contributed by atoms with van der Waals surface area (Å²) >= 11 is 5.79. The van der Waals surface area contributed by atoms with Crippen molar-refractivity contribution in [3.63, 3.8) is 0 Å². The van der Waals surface area contributed by atoms with E-state index in [0.29, 0.717) is 16.5 Å².